The fraction of sp³-hybridized carbons (Fsp3) is 0.238. The molecule has 7 heteroatoms. The summed E-state index contributed by atoms with van der Waals surface area (Å²) in [6.07, 6.45) is 3.69. The molecule has 0 aliphatic carbocycles. The predicted molar refractivity (Wildman–Crippen MR) is 107 cm³/mol. The molecule has 0 radical (unpaired) electrons. The average molecular weight is 402 g/mol. The molecular weight excluding hydrogens is 382 g/mol. The summed E-state index contributed by atoms with van der Waals surface area (Å²) in [5.74, 6) is -0.0209. The maximum atomic E-state index is 11.9. The smallest absolute Gasteiger partial charge is 0.331 e. The Balaban J connectivity index is 1.51. The summed E-state index contributed by atoms with van der Waals surface area (Å²) in [7, 11) is 0. The Hall–Kier alpha value is -2.99. The number of fused-ring (bicyclic) bond motifs is 1. The second-order valence-corrected chi connectivity index (χ2v) is 6.47. The molecule has 2 aromatic carbocycles. The van der Waals surface area contributed by atoms with Crippen molar-refractivity contribution < 1.29 is 23.8 Å². The van der Waals surface area contributed by atoms with Crippen LogP contribution in [0, 0.1) is 0 Å². The van der Waals surface area contributed by atoms with E-state index in [1.165, 1.54) is 17.7 Å². The van der Waals surface area contributed by atoms with Gasteiger partial charge in [0.25, 0.3) is 5.91 Å². The van der Waals surface area contributed by atoms with E-state index in [0.717, 1.165) is 6.42 Å². The van der Waals surface area contributed by atoms with E-state index in [2.05, 4.69) is 12.2 Å². The van der Waals surface area contributed by atoms with Gasteiger partial charge in [-0.3, -0.25) is 4.79 Å². The van der Waals surface area contributed by atoms with Crippen molar-refractivity contribution >= 4 is 35.2 Å². The van der Waals surface area contributed by atoms with E-state index < -0.39 is 11.9 Å². The highest BCUT2D eigenvalue weighted by atomic mass is 35.5. The molecule has 1 N–H and O–H groups in total. The van der Waals surface area contributed by atoms with Gasteiger partial charge in [0, 0.05) is 11.8 Å². The first-order valence-corrected chi connectivity index (χ1v) is 9.25. The van der Waals surface area contributed by atoms with Crippen molar-refractivity contribution in [2.45, 2.75) is 13.3 Å². The Kier molecular flexibility index (Phi) is 6.55. The van der Waals surface area contributed by atoms with Crippen LogP contribution in [-0.4, -0.2) is 31.7 Å². The molecule has 0 spiro atoms. The first-order chi connectivity index (χ1) is 13.5. The van der Waals surface area contributed by atoms with E-state index in [4.69, 9.17) is 25.8 Å². The SMILES string of the molecule is CCc1ccc(NC(=O)COC(=O)C=Cc2cc(Cl)c3c(c2)OCCO3)cc1. The van der Waals surface area contributed by atoms with Crippen LogP contribution in [-0.2, 0) is 20.7 Å². The van der Waals surface area contributed by atoms with E-state index in [9.17, 15) is 9.59 Å². The Labute approximate surface area is 168 Å². The molecule has 0 saturated heterocycles. The van der Waals surface area contributed by atoms with Gasteiger partial charge in [0.15, 0.2) is 18.1 Å². The molecule has 0 atom stereocenters. The molecule has 28 heavy (non-hydrogen) atoms. The van der Waals surface area contributed by atoms with Crippen LogP contribution in [0.3, 0.4) is 0 Å². The van der Waals surface area contributed by atoms with Crippen molar-refractivity contribution in [3.8, 4) is 11.5 Å². The molecule has 146 valence electrons. The normalized spacial score (nSPS) is 12.6. The minimum Gasteiger partial charge on any atom is -0.486 e. The van der Waals surface area contributed by atoms with Gasteiger partial charge >= 0.3 is 5.97 Å². The van der Waals surface area contributed by atoms with Crippen LogP contribution in [0.2, 0.25) is 5.02 Å². The molecule has 0 aromatic heterocycles. The Bertz CT molecular complexity index is 892. The lowest BCUT2D eigenvalue weighted by atomic mass is 10.1. The van der Waals surface area contributed by atoms with Gasteiger partial charge in [-0.05, 0) is 47.9 Å². The molecule has 0 saturated carbocycles. The van der Waals surface area contributed by atoms with E-state index >= 15 is 0 Å². The van der Waals surface area contributed by atoms with Gasteiger partial charge in [0.2, 0.25) is 0 Å². The zero-order valence-electron chi connectivity index (χ0n) is 15.4. The number of carbonyl (C=O) groups excluding carboxylic acids is 2. The molecule has 0 bridgehead atoms. The van der Waals surface area contributed by atoms with Gasteiger partial charge < -0.3 is 19.5 Å². The lowest BCUT2D eigenvalue weighted by Gasteiger charge is -2.19. The van der Waals surface area contributed by atoms with E-state index in [-0.39, 0.29) is 6.61 Å². The second kappa shape index (κ2) is 9.28. The average Bonchev–Trinajstić information content (AvgIpc) is 2.71. The number of hydrogen-bond acceptors (Lipinski definition) is 5. The molecule has 0 fully saturated rings. The number of esters is 1. The van der Waals surface area contributed by atoms with Crippen LogP contribution in [0.15, 0.2) is 42.5 Å². The van der Waals surface area contributed by atoms with Gasteiger partial charge in [0.05, 0.1) is 5.02 Å². The van der Waals surface area contributed by atoms with Gasteiger partial charge in [0.1, 0.15) is 13.2 Å². The zero-order valence-corrected chi connectivity index (χ0v) is 16.1. The third-order valence-corrected chi connectivity index (χ3v) is 4.30. The zero-order chi connectivity index (χ0) is 19.9. The third kappa shape index (κ3) is 5.27. The van der Waals surface area contributed by atoms with Crippen LogP contribution in [0.5, 0.6) is 11.5 Å². The number of carbonyl (C=O) groups is 2. The standard InChI is InChI=1S/C21H20ClNO5/c1-2-14-3-6-16(7-4-14)23-19(24)13-28-20(25)8-5-15-11-17(22)21-18(12-15)26-9-10-27-21/h3-8,11-12H,2,9-10,13H2,1H3,(H,23,24). The van der Waals surface area contributed by atoms with Crippen LogP contribution >= 0.6 is 11.6 Å². The molecule has 1 aliphatic rings. The third-order valence-electron chi connectivity index (χ3n) is 4.02. The number of aryl methyl sites for hydroxylation is 1. The van der Waals surface area contributed by atoms with Crippen LogP contribution in [0.4, 0.5) is 5.69 Å². The summed E-state index contributed by atoms with van der Waals surface area (Å²) in [6, 6.07) is 10.9. The highest BCUT2D eigenvalue weighted by Crippen LogP contribution is 2.38. The Morgan fingerprint density at radius 3 is 2.68 bits per heavy atom. The Morgan fingerprint density at radius 1 is 1.18 bits per heavy atom. The molecule has 1 amide bonds. The van der Waals surface area contributed by atoms with E-state index in [0.29, 0.717) is 41.0 Å². The topological polar surface area (TPSA) is 73.9 Å². The summed E-state index contributed by atoms with van der Waals surface area (Å²) >= 11 is 6.15. The number of anilines is 1. The fourth-order valence-corrected chi connectivity index (χ4v) is 2.87. The van der Waals surface area contributed by atoms with Crippen LogP contribution in [0.1, 0.15) is 18.1 Å². The quantitative estimate of drug-likeness (QED) is 0.587. The number of amides is 1. The molecule has 1 heterocycles. The maximum Gasteiger partial charge on any atom is 0.331 e. The lowest BCUT2D eigenvalue weighted by molar-refractivity contribution is -0.142. The van der Waals surface area contributed by atoms with Crippen LogP contribution in [0.25, 0.3) is 6.08 Å². The van der Waals surface area contributed by atoms with Gasteiger partial charge in [-0.25, -0.2) is 4.79 Å². The predicted octanol–water partition coefficient (Wildman–Crippen LogP) is 3.87. The van der Waals surface area contributed by atoms with Crippen molar-refractivity contribution in [2.24, 2.45) is 0 Å². The van der Waals surface area contributed by atoms with E-state index in [1.54, 1.807) is 12.1 Å². The molecule has 6 nitrogen and oxygen atoms in total. The largest absolute Gasteiger partial charge is 0.486 e. The van der Waals surface area contributed by atoms with Gasteiger partial charge in [-0.2, -0.15) is 0 Å². The second-order valence-electron chi connectivity index (χ2n) is 6.07. The molecule has 0 unspecified atom stereocenters. The summed E-state index contributed by atoms with van der Waals surface area (Å²) < 4.78 is 15.9. The number of nitrogens with one attached hydrogen (secondary N) is 1. The molecule has 2 aromatic rings. The van der Waals surface area contributed by atoms with Crippen molar-refractivity contribution in [1.29, 1.82) is 0 Å². The summed E-state index contributed by atoms with van der Waals surface area (Å²) in [4.78, 5) is 23.7. The monoisotopic (exact) mass is 401 g/mol. The molecule has 3 rings (SSSR count). The highest BCUT2D eigenvalue weighted by Gasteiger charge is 2.16. The summed E-state index contributed by atoms with van der Waals surface area (Å²) in [5, 5.41) is 3.08. The van der Waals surface area contributed by atoms with Gasteiger partial charge in [-0.15, -0.1) is 0 Å². The number of hydrogen-bond donors (Lipinski definition) is 1. The number of rotatable bonds is 6. The molecular formula is C21H20ClNO5. The molecule has 1 aliphatic heterocycles. The van der Waals surface area contributed by atoms with E-state index in [1.807, 2.05) is 24.3 Å². The minimum atomic E-state index is -0.637. The first kappa shape index (κ1) is 19.8. The van der Waals surface area contributed by atoms with Crippen molar-refractivity contribution in [3.63, 3.8) is 0 Å². The number of ether oxygens (including phenoxy) is 3. The number of halogens is 1. The summed E-state index contributed by atoms with van der Waals surface area (Å²) in [6.45, 7) is 2.56. The van der Waals surface area contributed by atoms with Crippen molar-refractivity contribution in [3.05, 3.63) is 58.6 Å². The fourth-order valence-electron chi connectivity index (χ4n) is 2.60. The first-order valence-electron chi connectivity index (χ1n) is 8.88. The Morgan fingerprint density at radius 2 is 1.93 bits per heavy atom. The minimum absolute atomic E-state index is 0.374. The summed E-state index contributed by atoms with van der Waals surface area (Å²) in [5.41, 5.74) is 2.49. The van der Waals surface area contributed by atoms with Crippen molar-refractivity contribution in [1.82, 2.24) is 0 Å². The lowest BCUT2D eigenvalue weighted by Crippen LogP contribution is -2.20. The van der Waals surface area contributed by atoms with Crippen molar-refractivity contribution in [2.75, 3.05) is 25.1 Å². The van der Waals surface area contributed by atoms with Crippen LogP contribution < -0.4 is 14.8 Å². The highest BCUT2D eigenvalue weighted by molar-refractivity contribution is 6.32. The van der Waals surface area contributed by atoms with Gasteiger partial charge in [-0.1, -0.05) is 30.7 Å². The number of benzene rings is 2. The maximum absolute atomic E-state index is 11.9.